The van der Waals surface area contributed by atoms with Gasteiger partial charge in [0.05, 0.1) is 7.11 Å². The maximum absolute atomic E-state index is 13.0. The summed E-state index contributed by atoms with van der Waals surface area (Å²) >= 11 is 0. The van der Waals surface area contributed by atoms with Gasteiger partial charge in [0, 0.05) is 32.6 Å². The van der Waals surface area contributed by atoms with E-state index in [2.05, 4.69) is 10.2 Å². The highest BCUT2D eigenvalue weighted by Crippen LogP contribution is 2.28. The van der Waals surface area contributed by atoms with Crippen molar-refractivity contribution in [3.8, 4) is 5.75 Å². The fourth-order valence-corrected chi connectivity index (χ4v) is 4.42. The lowest BCUT2D eigenvalue weighted by molar-refractivity contribution is 0.363. The summed E-state index contributed by atoms with van der Waals surface area (Å²) in [6, 6.07) is 5.60. The zero-order valence-corrected chi connectivity index (χ0v) is 15.4. The number of aryl methyl sites for hydroxylation is 2. The van der Waals surface area contributed by atoms with Gasteiger partial charge in [0.25, 0.3) is 0 Å². The molecule has 0 aliphatic carbocycles. The number of benzene rings is 1. The highest BCUT2D eigenvalue weighted by atomic mass is 32.2. The summed E-state index contributed by atoms with van der Waals surface area (Å²) in [5.74, 6) is 0.937. The molecule has 1 aliphatic heterocycles. The van der Waals surface area contributed by atoms with Gasteiger partial charge in [-0.25, -0.2) is 8.42 Å². The molecule has 3 rings (SSSR count). The maximum Gasteiger partial charge on any atom is 0.318 e. The summed E-state index contributed by atoms with van der Waals surface area (Å²) in [5, 5.41) is 7.97. The van der Waals surface area contributed by atoms with Crippen molar-refractivity contribution >= 4 is 16.0 Å². The minimum absolute atomic E-state index is 0.203. The van der Waals surface area contributed by atoms with Gasteiger partial charge in [-0.1, -0.05) is 18.1 Å². The van der Waals surface area contributed by atoms with Gasteiger partial charge < -0.3 is 14.1 Å². The first-order chi connectivity index (χ1) is 12.0. The summed E-state index contributed by atoms with van der Waals surface area (Å²) in [7, 11) is -2.14. The van der Waals surface area contributed by atoms with E-state index < -0.39 is 10.0 Å². The number of hydrogen-bond acceptors (Lipinski definition) is 7. The Morgan fingerprint density at radius 2 is 1.92 bits per heavy atom. The molecule has 8 nitrogen and oxygen atoms in total. The van der Waals surface area contributed by atoms with E-state index in [1.54, 1.807) is 12.1 Å². The lowest BCUT2D eigenvalue weighted by Crippen LogP contribution is -2.48. The Balaban J connectivity index is 1.76. The molecule has 25 heavy (non-hydrogen) atoms. The fraction of sp³-hybridized carbons (Fsp3) is 0.500. The Bertz CT molecular complexity index is 842. The number of methoxy groups -OCH3 is 1. The van der Waals surface area contributed by atoms with Crippen molar-refractivity contribution in [1.29, 1.82) is 0 Å². The first-order valence-electron chi connectivity index (χ1n) is 8.18. The molecule has 0 radical (unpaired) electrons. The van der Waals surface area contributed by atoms with Crippen molar-refractivity contribution in [2.75, 3.05) is 38.2 Å². The van der Waals surface area contributed by atoms with Crippen molar-refractivity contribution in [3.63, 3.8) is 0 Å². The molecule has 0 unspecified atom stereocenters. The molecule has 9 heteroatoms. The molecule has 1 aliphatic rings. The Morgan fingerprint density at radius 3 is 2.52 bits per heavy atom. The van der Waals surface area contributed by atoms with E-state index in [-0.39, 0.29) is 4.90 Å². The number of sulfonamides is 1. The van der Waals surface area contributed by atoms with E-state index in [0.29, 0.717) is 50.3 Å². The molecule has 136 valence electrons. The van der Waals surface area contributed by atoms with E-state index in [1.807, 2.05) is 24.8 Å². The highest BCUT2D eigenvalue weighted by molar-refractivity contribution is 7.89. The van der Waals surface area contributed by atoms with E-state index in [1.165, 1.54) is 11.4 Å². The van der Waals surface area contributed by atoms with Gasteiger partial charge in [0.2, 0.25) is 15.9 Å². The fourth-order valence-electron chi connectivity index (χ4n) is 2.76. The topological polar surface area (TPSA) is 88.8 Å². The molecular formula is C16H22N4O4S. The van der Waals surface area contributed by atoms with Crippen LogP contribution in [-0.4, -0.2) is 56.2 Å². The van der Waals surface area contributed by atoms with Gasteiger partial charge in [0.1, 0.15) is 10.6 Å². The van der Waals surface area contributed by atoms with Crippen LogP contribution in [0.1, 0.15) is 18.4 Å². The predicted octanol–water partition coefficient (Wildman–Crippen LogP) is 1.46. The van der Waals surface area contributed by atoms with Crippen LogP contribution in [0.5, 0.6) is 5.75 Å². The summed E-state index contributed by atoms with van der Waals surface area (Å²) in [6.45, 7) is 5.50. The van der Waals surface area contributed by atoms with Crippen LogP contribution in [0.2, 0.25) is 0 Å². The van der Waals surface area contributed by atoms with Crippen LogP contribution in [0.25, 0.3) is 0 Å². The summed E-state index contributed by atoms with van der Waals surface area (Å²) in [6.07, 6.45) is 0.675. The molecule has 2 heterocycles. The summed E-state index contributed by atoms with van der Waals surface area (Å²) in [4.78, 5) is 2.11. The van der Waals surface area contributed by atoms with Crippen molar-refractivity contribution < 1.29 is 17.6 Å². The van der Waals surface area contributed by atoms with Gasteiger partial charge in [-0.05, 0) is 24.6 Å². The minimum Gasteiger partial charge on any atom is -0.495 e. The normalized spacial score (nSPS) is 16.2. The number of ether oxygens (including phenoxy) is 1. The second-order valence-corrected chi connectivity index (χ2v) is 7.78. The third-order valence-electron chi connectivity index (χ3n) is 4.20. The van der Waals surface area contributed by atoms with E-state index in [4.69, 9.17) is 9.15 Å². The molecule has 0 N–H and O–H groups in total. The maximum atomic E-state index is 13.0. The lowest BCUT2D eigenvalue weighted by Gasteiger charge is -2.33. The average molecular weight is 366 g/mol. The molecule has 1 saturated heterocycles. The Hall–Kier alpha value is -2.13. The van der Waals surface area contributed by atoms with Gasteiger partial charge in [-0.15, -0.1) is 5.10 Å². The van der Waals surface area contributed by atoms with E-state index in [9.17, 15) is 8.42 Å². The van der Waals surface area contributed by atoms with E-state index in [0.717, 1.165) is 5.56 Å². The van der Waals surface area contributed by atoms with Crippen LogP contribution in [-0.2, 0) is 16.4 Å². The van der Waals surface area contributed by atoms with Crippen LogP contribution in [0.3, 0.4) is 0 Å². The second-order valence-electron chi connectivity index (χ2n) is 5.88. The zero-order valence-electron chi connectivity index (χ0n) is 14.6. The first-order valence-corrected chi connectivity index (χ1v) is 9.62. The first kappa shape index (κ1) is 17.7. The SMILES string of the molecule is CCc1nnc(N2CCN(S(=O)(=O)c3cc(C)ccc3OC)CC2)o1. The molecule has 1 aromatic carbocycles. The number of nitrogens with zero attached hydrogens (tertiary/aromatic N) is 4. The van der Waals surface area contributed by atoms with Gasteiger partial charge >= 0.3 is 6.01 Å². The molecular weight excluding hydrogens is 344 g/mol. The average Bonchev–Trinajstić information content (AvgIpc) is 3.11. The third-order valence-corrected chi connectivity index (χ3v) is 6.12. The molecule has 1 aromatic heterocycles. The molecule has 2 aromatic rings. The van der Waals surface area contributed by atoms with Crippen LogP contribution in [0.15, 0.2) is 27.5 Å². The molecule has 0 amide bonds. The van der Waals surface area contributed by atoms with Gasteiger partial charge in [-0.2, -0.15) is 4.31 Å². The number of anilines is 1. The number of aromatic nitrogens is 2. The van der Waals surface area contributed by atoms with Gasteiger partial charge in [-0.3, -0.25) is 0 Å². The van der Waals surface area contributed by atoms with E-state index >= 15 is 0 Å². The van der Waals surface area contributed by atoms with Crippen molar-refractivity contribution in [2.45, 2.75) is 25.2 Å². The standard InChI is InChI=1S/C16H22N4O4S/c1-4-15-17-18-16(24-15)19-7-9-20(10-8-19)25(21,22)14-11-12(2)5-6-13(14)23-3/h5-6,11H,4,7-10H2,1-3H3. The Kier molecular flexibility index (Phi) is 4.96. The minimum atomic E-state index is -3.62. The van der Waals surface area contributed by atoms with Gasteiger partial charge in [0.15, 0.2) is 0 Å². The van der Waals surface area contributed by atoms with Crippen molar-refractivity contribution in [3.05, 3.63) is 29.7 Å². The second kappa shape index (κ2) is 7.01. The summed E-state index contributed by atoms with van der Waals surface area (Å²) < 4.78 is 38.2. The monoisotopic (exact) mass is 366 g/mol. The quantitative estimate of drug-likeness (QED) is 0.791. The zero-order chi connectivity index (χ0) is 18.0. The largest absolute Gasteiger partial charge is 0.495 e. The number of hydrogen-bond donors (Lipinski definition) is 0. The summed E-state index contributed by atoms with van der Waals surface area (Å²) in [5.41, 5.74) is 0.871. The molecule has 0 bridgehead atoms. The van der Waals surface area contributed by atoms with Crippen molar-refractivity contribution in [2.24, 2.45) is 0 Å². The van der Waals surface area contributed by atoms with Crippen LogP contribution >= 0.6 is 0 Å². The lowest BCUT2D eigenvalue weighted by atomic mass is 10.2. The molecule has 0 saturated carbocycles. The third kappa shape index (κ3) is 3.47. The van der Waals surface area contributed by atoms with Crippen LogP contribution in [0.4, 0.5) is 6.01 Å². The highest BCUT2D eigenvalue weighted by Gasteiger charge is 2.32. The Morgan fingerprint density at radius 1 is 1.20 bits per heavy atom. The predicted molar refractivity (Wildman–Crippen MR) is 92.4 cm³/mol. The number of rotatable bonds is 5. The van der Waals surface area contributed by atoms with Crippen molar-refractivity contribution in [1.82, 2.24) is 14.5 Å². The number of piperazine rings is 1. The molecule has 1 fully saturated rings. The van der Waals surface area contributed by atoms with Crippen LogP contribution < -0.4 is 9.64 Å². The Labute approximate surface area is 147 Å². The molecule has 0 atom stereocenters. The molecule has 0 spiro atoms. The smallest absolute Gasteiger partial charge is 0.318 e. The van der Waals surface area contributed by atoms with Crippen LogP contribution in [0, 0.1) is 6.92 Å².